The summed E-state index contributed by atoms with van der Waals surface area (Å²) in [5.41, 5.74) is 8.78. The van der Waals surface area contributed by atoms with Gasteiger partial charge in [-0.05, 0) is 17.7 Å². The van der Waals surface area contributed by atoms with E-state index in [2.05, 4.69) is 10.0 Å². The zero-order chi connectivity index (χ0) is 19.3. The summed E-state index contributed by atoms with van der Waals surface area (Å²) in [7, 11) is 0. The highest BCUT2D eigenvalue weighted by Gasteiger charge is 2.45. The highest BCUT2D eigenvalue weighted by atomic mass is 35.6. The number of carbonyl (C=O) groups excluding carboxylic acids is 1. The zero-order valence-electron chi connectivity index (χ0n) is 13.0. The molecule has 26 heavy (non-hydrogen) atoms. The Morgan fingerprint density at radius 2 is 2.00 bits per heavy atom. The van der Waals surface area contributed by atoms with Crippen molar-refractivity contribution in [1.82, 2.24) is 0 Å². The van der Waals surface area contributed by atoms with Crippen LogP contribution in [0.15, 0.2) is 35.4 Å². The van der Waals surface area contributed by atoms with Crippen LogP contribution in [0.3, 0.4) is 0 Å². The lowest BCUT2D eigenvalue weighted by Gasteiger charge is -2.38. The van der Waals surface area contributed by atoms with Crippen molar-refractivity contribution in [3.8, 4) is 0 Å². The van der Waals surface area contributed by atoms with Gasteiger partial charge in [-0.1, -0.05) is 58.1 Å². The second kappa shape index (κ2) is 8.77. The lowest BCUT2D eigenvalue weighted by molar-refractivity contribution is -0.219. The van der Waals surface area contributed by atoms with E-state index in [0.717, 1.165) is 0 Å². The number of aliphatic hydroxyl groups is 1. The molecule has 2 rings (SSSR count). The molecule has 1 aromatic rings. The third kappa shape index (κ3) is 5.14. The molecular formula is C14H13Cl3N4O5. The van der Waals surface area contributed by atoms with E-state index in [4.69, 9.17) is 60.0 Å². The third-order valence-corrected chi connectivity index (χ3v) is 3.89. The van der Waals surface area contributed by atoms with Crippen molar-refractivity contribution < 1.29 is 24.1 Å². The molecule has 12 heteroatoms. The number of alkyl halides is 3. The van der Waals surface area contributed by atoms with Crippen molar-refractivity contribution in [1.29, 1.82) is 5.41 Å². The highest BCUT2D eigenvalue weighted by molar-refractivity contribution is 6.76. The molecule has 9 nitrogen and oxygen atoms in total. The number of nitrogens with one attached hydrogen (secondary N) is 1. The molecule has 0 saturated carbocycles. The highest BCUT2D eigenvalue weighted by Crippen LogP contribution is 2.31. The SMILES string of the molecule is [N-]=[N+]=N[C@H]1COC(OC(=N)C(Cl)(Cl)Cl)[C@@H](OC(=O)c2ccccc2)[C@H]1O. The van der Waals surface area contributed by atoms with Gasteiger partial charge in [-0.2, -0.15) is 0 Å². The molecule has 0 aromatic heterocycles. The Morgan fingerprint density at radius 3 is 2.58 bits per heavy atom. The van der Waals surface area contributed by atoms with Crippen LogP contribution in [0.4, 0.5) is 0 Å². The first-order valence-electron chi connectivity index (χ1n) is 7.16. The fourth-order valence-electron chi connectivity index (χ4n) is 2.11. The summed E-state index contributed by atoms with van der Waals surface area (Å²) in [6.07, 6.45) is -4.33. The summed E-state index contributed by atoms with van der Waals surface area (Å²) in [4.78, 5) is 14.9. The summed E-state index contributed by atoms with van der Waals surface area (Å²) >= 11 is 16.7. The van der Waals surface area contributed by atoms with Crippen LogP contribution in [0.1, 0.15) is 10.4 Å². The van der Waals surface area contributed by atoms with Gasteiger partial charge >= 0.3 is 5.97 Å². The van der Waals surface area contributed by atoms with E-state index >= 15 is 0 Å². The number of carbonyl (C=O) groups is 1. The van der Waals surface area contributed by atoms with Gasteiger partial charge in [0.1, 0.15) is 6.10 Å². The van der Waals surface area contributed by atoms with Crippen LogP contribution >= 0.6 is 34.8 Å². The monoisotopic (exact) mass is 422 g/mol. The summed E-state index contributed by atoms with van der Waals surface area (Å²) in [5, 5.41) is 21.4. The second-order valence-electron chi connectivity index (χ2n) is 5.15. The molecule has 0 radical (unpaired) electrons. The topological polar surface area (TPSA) is 138 Å². The number of halogens is 3. The fourth-order valence-corrected chi connectivity index (χ4v) is 2.24. The molecule has 2 N–H and O–H groups in total. The van der Waals surface area contributed by atoms with Crippen LogP contribution in [-0.4, -0.2) is 51.9 Å². The first-order valence-corrected chi connectivity index (χ1v) is 8.29. The van der Waals surface area contributed by atoms with E-state index in [0.29, 0.717) is 0 Å². The molecule has 1 heterocycles. The number of aliphatic hydroxyl groups excluding tert-OH is 1. The number of ether oxygens (including phenoxy) is 3. The van der Waals surface area contributed by atoms with Gasteiger partial charge in [-0.15, -0.1) is 0 Å². The number of azide groups is 1. The van der Waals surface area contributed by atoms with Gasteiger partial charge in [0.15, 0.2) is 6.10 Å². The van der Waals surface area contributed by atoms with E-state index in [1.165, 1.54) is 12.1 Å². The average Bonchev–Trinajstić information content (AvgIpc) is 2.60. The Balaban J connectivity index is 2.21. The minimum absolute atomic E-state index is 0.209. The van der Waals surface area contributed by atoms with Crippen molar-refractivity contribution >= 4 is 46.7 Å². The van der Waals surface area contributed by atoms with Crippen molar-refractivity contribution in [3.05, 3.63) is 46.3 Å². The number of rotatable bonds is 4. The largest absolute Gasteiger partial charge is 0.449 e. The quantitative estimate of drug-likeness (QED) is 0.146. The van der Waals surface area contributed by atoms with E-state index in [1.807, 2.05) is 0 Å². The maximum atomic E-state index is 12.3. The van der Waals surface area contributed by atoms with Crippen molar-refractivity contribution in [2.24, 2.45) is 5.11 Å². The average molecular weight is 424 g/mol. The van der Waals surface area contributed by atoms with E-state index in [-0.39, 0.29) is 12.2 Å². The van der Waals surface area contributed by atoms with Gasteiger partial charge in [-0.25, -0.2) is 4.79 Å². The normalized spacial score (nSPS) is 25.7. The van der Waals surface area contributed by atoms with Crippen molar-refractivity contribution in [3.63, 3.8) is 0 Å². The van der Waals surface area contributed by atoms with Crippen LogP contribution in [0, 0.1) is 5.41 Å². The predicted molar refractivity (Wildman–Crippen MR) is 93.4 cm³/mol. The van der Waals surface area contributed by atoms with Gasteiger partial charge < -0.3 is 19.3 Å². The Morgan fingerprint density at radius 1 is 1.35 bits per heavy atom. The Labute approximate surface area is 162 Å². The summed E-state index contributed by atoms with van der Waals surface area (Å²) < 4.78 is 13.5. The lowest BCUT2D eigenvalue weighted by Crippen LogP contribution is -2.55. The Bertz CT molecular complexity index is 708. The van der Waals surface area contributed by atoms with Gasteiger partial charge in [0.05, 0.1) is 18.2 Å². The van der Waals surface area contributed by atoms with Crippen LogP contribution in [0.5, 0.6) is 0 Å². The Hall–Kier alpha value is -1.74. The molecule has 1 saturated heterocycles. The van der Waals surface area contributed by atoms with Crippen molar-refractivity contribution in [2.75, 3.05) is 6.61 Å². The van der Waals surface area contributed by atoms with Crippen LogP contribution in [0.2, 0.25) is 0 Å². The van der Waals surface area contributed by atoms with Gasteiger partial charge in [0.2, 0.25) is 12.2 Å². The van der Waals surface area contributed by atoms with E-state index < -0.39 is 40.2 Å². The maximum Gasteiger partial charge on any atom is 0.338 e. The summed E-state index contributed by atoms with van der Waals surface area (Å²) in [6, 6.07) is 6.93. The molecule has 4 atom stereocenters. The molecule has 140 valence electrons. The number of hydrogen-bond donors (Lipinski definition) is 2. The molecule has 0 aliphatic carbocycles. The maximum absolute atomic E-state index is 12.3. The van der Waals surface area contributed by atoms with Gasteiger partial charge in [0.25, 0.3) is 3.79 Å². The van der Waals surface area contributed by atoms with E-state index in [1.54, 1.807) is 18.2 Å². The van der Waals surface area contributed by atoms with Crippen LogP contribution in [-0.2, 0) is 14.2 Å². The molecule has 0 bridgehead atoms. The molecule has 1 aromatic carbocycles. The molecule has 1 aliphatic rings. The molecule has 1 aliphatic heterocycles. The zero-order valence-corrected chi connectivity index (χ0v) is 15.2. The summed E-state index contributed by atoms with van der Waals surface area (Å²) in [6.45, 7) is -0.248. The molecule has 1 unspecified atom stereocenters. The number of nitrogens with zero attached hydrogens (tertiary/aromatic N) is 3. The number of hydrogen-bond acceptors (Lipinski definition) is 7. The first-order chi connectivity index (χ1) is 12.2. The van der Waals surface area contributed by atoms with Crippen LogP contribution in [0.25, 0.3) is 10.4 Å². The molecule has 0 amide bonds. The molecular weight excluding hydrogens is 411 g/mol. The number of esters is 1. The van der Waals surface area contributed by atoms with Gasteiger partial charge in [-0.3, -0.25) is 5.41 Å². The van der Waals surface area contributed by atoms with Crippen LogP contribution < -0.4 is 0 Å². The lowest BCUT2D eigenvalue weighted by atomic mass is 10.0. The smallest absolute Gasteiger partial charge is 0.338 e. The van der Waals surface area contributed by atoms with Gasteiger partial charge in [0, 0.05) is 4.91 Å². The molecule has 1 fully saturated rings. The standard InChI is InChI=1S/C14H13Cl3N4O5/c15-14(16,17)13(18)26-12-10(9(22)8(6-24-12)20-21-19)25-11(23)7-4-2-1-3-5-7/h1-5,8-10,12,18,22H,6H2/t8-,9-,10-,12?/m0/s1. The third-order valence-electron chi connectivity index (χ3n) is 3.37. The minimum atomic E-state index is -2.18. The predicted octanol–water partition coefficient (Wildman–Crippen LogP) is 2.97. The first kappa shape index (κ1) is 20.6. The molecule has 0 spiro atoms. The van der Waals surface area contributed by atoms with E-state index in [9.17, 15) is 9.90 Å². The minimum Gasteiger partial charge on any atom is -0.449 e. The number of benzene rings is 1. The fraction of sp³-hybridized carbons (Fsp3) is 0.429. The second-order valence-corrected chi connectivity index (χ2v) is 7.43. The summed E-state index contributed by atoms with van der Waals surface area (Å²) in [5.74, 6) is -1.57. The Kier molecular flexibility index (Phi) is 6.94. The van der Waals surface area contributed by atoms with Crippen molar-refractivity contribution in [2.45, 2.75) is 28.3 Å².